The van der Waals surface area contributed by atoms with Gasteiger partial charge in [-0.1, -0.05) is 19.9 Å². The second kappa shape index (κ2) is 7.27. The van der Waals surface area contributed by atoms with Crippen LogP contribution in [0.25, 0.3) is 0 Å². The van der Waals surface area contributed by atoms with Crippen molar-refractivity contribution in [3.63, 3.8) is 0 Å². The fourth-order valence-electron chi connectivity index (χ4n) is 1.98. The summed E-state index contributed by atoms with van der Waals surface area (Å²) in [5, 5.41) is 3.63. The fourth-order valence-corrected chi connectivity index (χ4v) is 1.98. The molecule has 0 amide bonds. The van der Waals surface area contributed by atoms with E-state index >= 15 is 0 Å². The smallest absolute Gasteiger partial charge is 0.161 e. The molecule has 1 rings (SSSR count). The number of ether oxygens (including phenoxy) is 2. The van der Waals surface area contributed by atoms with Crippen molar-refractivity contribution in [3.05, 3.63) is 23.8 Å². The first-order valence-corrected chi connectivity index (χ1v) is 6.64. The van der Waals surface area contributed by atoms with E-state index in [9.17, 15) is 0 Å². The van der Waals surface area contributed by atoms with Crippen molar-refractivity contribution < 1.29 is 9.47 Å². The number of hydrogen-bond acceptors (Lipinski definition) is 3. The maximum Gasteiger partial charge on any atom is 0.161 e. The van der Waals surface area contributed by atoms with Gasteiger partial charge in [0.2, 0.25) is 0 Å². The largest absolute Gasteiger partial charge is 0.493 e. The van der Waals surface area contributed by atoms with Crippen molar-refractivity contribution >= 4 is 0 Å². The Balaban J connectivity index is 2.92. The average Bonchev–Trinajstić information content (AvgIpc) is 2.43. The Hall–Kier alpha value is -1.22. The van der Waals surface area contributed by atoms with Crippen LogP contribution in [0.1, 0.15) is 45.2 Å². The van der Waals surface area contributed by atoms with Crippen LogP contribution in [0, 0.1) is 0 Å². The standard InChI is InChI=1S/C15H25NO2/c1-6-11(3)16-13(7-2)12-8-9-14(17-4)15(10-12)18-5/h8-11,13,16H,6-7H2,1-5H3. The maximum absolute atomic E-state index is 5.35. The summed E-state index contributed by atoms with van der Waals surface area (Å²) in [6.45, 7) is 6.60. The quantitative estimate of drug-likeness (QED) is 0.804. The predicted molar refractivity (Wildman–Crippen MR) is 75.5 cm³/mol. The van der Waals surface area contributed by atoms with E-state index in [2.05, 4.69) is 38.2 Å². The molecule has 18 heavy (non-hydrogen) atoms. The first-order valence-electron chi connectivity index (χ1n) is 6.64. The van der Waals surface area contributed by atoms with Gasteiger partial charge < -0.3 is 14.8 Å². The molecule has 2 atom stereocenters. The molecule has 2 unspecified atom stereocenters. The summed E-state index contributed by atoms with van der Waals surface area (Å²) in [5.74, 6) is 1.57. The SMILES string of the molecule is CCC(C)NC(CC)c1ccc(OC)c(OC)c1. The van der Waals surface area contributed by atoms with Crippen molar-refractivity contribution in [2.45, 2.75) is 45.7 Å². The molecule has 1 N–H and O–H groups in total. The Kier molecular flexibility index (Phi) is 5.99. The van der Waals surface area contributed by atoms with Gasteiger partial charge in [0.25, 0.3) is 0 Å². The number of hydrogen-bond donors (Lipinski definition) is 1. The minimum atomic E-state index is 0.361. The van der Waals surface area contributed by atoms with Crippen molar-refractivity contribution in [3.8, 4) is 11.5 Å². The van der Waals surface area contributed by atoms with Gasteiger partial charge in [0.1, 0.15) is 0 Å². The van der Waals surface area contributed by atoms with Gasteiger partial charge in [-0.15, -0.1) is 0 Å². The van der Waals surface area contributed by atoms with Crippen molar-refractivity contribution in [1.82, 2.24) is 5.32 Å². The normalized spacial score (nSPS) is 14.1. The molecule has 0 aromatic heterocycles. The molecule has 0 fully saturated rings. The number of rotatable bonds is 7. The first kappa shape index (κ1) is 14.8. The van der Waals surface area contributed by atoms with E-state index in [1.807, 2.05) is 6.07 Å². The minimum absolute atomic E-state index is 0.361. The zero-order valence-electron chi connectivity index (χ0n) is 12.1. The van der Waals surface area contributed by atoms with E-state index in [0.29, 0.717) is 12.1 Å². The number of benzene rings is 1. The lowest BCUT2D eigenvalue weighted by molar-refractivity contribution is 0.353. The fraction of sp³-hybridized carbons (Fsp3) is 0.600. The molecule has 3 heteroatoms. The Morgan fingerprint density at radius 1 is 1.06 bits per heavy atom. The molecule has 0 aliphatic heterocycles. The van der Waals surface area contributed by atoms with Gasteiger partial charge in [0, 0.05) is 12.1 Å². The highest BCUT2D eigenvalue weighted by atomic mass is 16.5. The van der Waals surface area contributed by atoms with E-state index in [4.69, 9.17) is 9.47 Å². The number of nitrogens with one attached hydrogen (secondary N) is 1. The third-order valence-electron chi connectivity index (χ3n) is 3.32. The second-order valence-electron chi connectivity index (χ2n) is 4.55. The average molecular weight is 251 g/mol. The van der Waals surface area contributed by atoms with Gasteiger partial charge in [-0.05, 0) is 37.5 Å². The van der Waals surface area contributed by atoms with Crippen LogP contribution in [0.2, 0.25) is 0 Å². The second-order valence-corrected chi connectivity index (χ2v) is 4.55. The summed E-state index contributed by atoms with van der Waals surface area (Å²) < 4.78 is 10.6. The molecule has 0 saturated carbocycles. The monoisotopic (exact) mass is 251 g/mol. The summed E-state index contributed by atoms with van der Waals surface area (Å²) in [7, 11) is 3.33. The summed E-state index contributed by atoms with van der Waals surface area (Å²) >= 11 is 0. The third-order valence-corrected chi connectivity index (χ3v) is 3.32. The molecule has 0 spiro atoms. The highest BCUT2D eigenvalue weighted by Gasteiger charge is 2.14. The molecule has 0 bridgehead atoms. The molecule has 0 radical (unpaired) electrons. The van der Waals surface area contributed by atoms with Crippen LogP contribution in [0.5, 0.6) is 11.5 Å². The van der Waals surface area contributed by atoms with E-state index in [-0.39, 0.29) is 0 Å². The Labute approximate surface area is 110 Å². The van der Waals surface area contributed by atoms with Crippen molar-refractivity contribution in [2.75, 3.05) is 14.2 Å². The number of methoxy groups -OCH3 is 2. The molecule has 1 aromatic carbocycles. The van der Waals surface area contributed by atoms with Gasteiger partial charge >= 0.3 is 0 Å². The Morgan fingerprint density at radius 3 is 2.22 bits per heavy atom. The molecule has 0 aliphatic rings. The topological polar surface area (TPSA) is 30.5 Å². The van der Waals surface area contributed by atoms with Crippen LogP contribution in [0.3, 0.4) is 0 Å². The molecule has 3 nitrogen and oxygen atoms in total. The maximum atomic E-state index is 5.35. The zero-order chi connectivity index (χ0) is 13.5. The highest BCUT2D eigenvalue weighted by molar-refractivity contribution is 5.43. The van der Waals surface area contributed by atoms with Crippen LogP contribution < -0.4 is 14.8 Å². The zero-order valence-corrected chi connectivity index (χ0v) is 12.1. The van der Waals surface area contributed by atoms with E-state index in [1.165, 1.54) is 5.56 Å². The Morgan fingerprint density at radius 2 is 1.72 bits per heavy atom. The lowest BCUT2D eigenvalue weighted by Gasteiger charge is -2.22. The van der Waals surface area contributed by atoms with Crippen LogP contribution in [0.15, 0.2) is 18.2 Å². The van der Waals surface area contributed by atoms with Crippen molar-refractivity contribution in [2.24, 2.45) is 0 Å². The van der Waals surface area contributed by atoms with Crippen LogP contribution in [-0.4, -0.2) is 20.3 Å². The van der Waals surface area contributed by atoms with Gasteiger partial charge in [0.05, 0.1) is 14.2 Å². The lowest BCUT2D eigenvalue weighted by atomic mass is 10.0. The summed E-state index contributed by atoms with van der Waals surface area (Å²) in [4.78, 5) is 0. The lowest BCUT2D eigenvalue weighted by Crippen LogP contribution is -2.29. The summed E-state index contributed by atoms with van der Waals surface area (Å²) in [5.41, 5.74) is 1.25. The third kappa shape index (κ3) is 3.64. The van der Waals surface area contributed by atoms with Crippen LogP contribution in [0.4, 0.5) is 0 Å². The van der Waals surface area contributed by atoms with E-state index in [0.717, 1.165) is 24.3 Å². The van der Waals surface area contributed by atoms with E-state index in [1.54, 1.807) is 14.2 Å². The van der Waals surface area contributed by atoms with Gasteiger partial charge in [-0.3, -0.25) is 0 Å². The molecule has 1 aromatic rings. The van der Waals surface area contributed by atoms with Gasteiger partial charge in [0.15, 0.2) is 11.5 Å². The predicted octanol–water partition coefficient (Wildman–Crippen LogP) is 3.54. The molecular formula is C15H25NO2. The molecule has 0 heterocycles. The molecule has 0 saturated heterocycles. The van der Waals surface area contributed by atoms with Gasteiger partial charge in [-0.25, -0.2) is 0 Å². The van der Waals surface area contributed by atoms with Crippen LogP contribution in [-0.2, 0) is 0 Å². The van der Waals surface area contributed by atoms with Crippen LogP contribution >= 0.6 is 0 Å². The molecule has 102 valence electrons. The summed E-state index contributed by atoms with van der Waals surface area (Å²) in [6, 6.07) is 7.00. The van der Waals surface area contributed by atoms with E-state index < -0.39 is 0 Å². The van der Waals surface area contributed by atoms with Crippen molar-refractivity contribution in [1.29, 1.82) is 0 Å². The molecular weight excluding hydrogens is 226 g/mol. The molecule has 0 aliphatic carbocycles. The highest BCUT2D eigenvalue weighted by Crippen LogP contribution is 2.31. The van der Waals surface area contributed by atoms with Gasteiger partial charge in [-0.2, -0.15) is 0 Å². The Bertz CT molecular complexity index is 366. The first-order chi connectivity index (χ1) is 8.65. The summed E-state index contributed by atoms with van der Waals surface area (Å²) in [6.07, 6.45) is 2.18. The minimum Gasteiger partial charge on any atom is -0.493 e.